The second kappa shape index (κ2) is 12.1. The highest BCUT2D eigenvalue weighted by Gasteiger charge is 2.79. The smallest absolute Gasteiger partial charge is 0.303 e. The number of hydrogen-bond donors (Lipinski definition) is 0. The van der Waals surface area contributed by atoms with Gasteiger partial charge in [-0.25, -0.2) is 0 Å². The zero-order valence-corrected chi connectivity index (χ0v) is 25.0. The van der Waals surface area contributed by atoms with Crippen LogP contribution in [-0.4, -0.2) is 67.5 Å². The minimum Gasteiger partial charge on any atom is -0.472 e. The lowest BCUT2D eigenvalue weighted by Gasteiger charge is -2.64. The highest BCUT2D eigenvalue weighted by Crippen LogP contribution is 2.70. The number of rotatable bonds is 10. The van der Waals surface area contributed by atoms with Gasteiger partial charge in [-0.15, -0.1) is 0 Å². The second-order valence-electron chi connectivity index (χ2n) is 11.8. The van der Waals surface area contributed by atoms with Crippen LogP contribution in [0.15, 0.2) is 23.0 Å². The van der Waals surface area contributed by atoms with Crippen LogP contribution >= 0.6 is 0 Å². The molecule has 0 radical (unpaired) electrons. The van der Waals surface area contributed by atoms with Gasteiger partial charge in [-0.1, -0.05) is 6.92 Å². The van der Waals surface area contributed by atoms with E-state index in [0.29, 0.717) is 18.4 Å². The molecule has 1 saturated heterocycles. The van der Waals surface area contributed by atoms with E-state index in [1.807, 2.05) is 6.92 Å². The topological polar surface area (TPSA) is 157 Å². The van der Waals surface area contributed by atoms with Crippen LogP contribution in [0.25, 0.3) is 0 Å². The first kappa shape index (κ1) is 31.5. The van der Waals surface area contributed by atoms with Gasteiger partial charge < -0.3 is 32.8 Å². The maximum Gasteiger partial charge on any atom is 0.303 e. The summed E-state index contributed by atoms with van der Waals surface area (Å²) in [4.78, 5) is 61.5. The molecular weight excluding hydrogens is 552 g/mol. The molecule has 0 aromatic carbocycles. The number of carbonyl (C=O) groups is 5. The van der Waals surface area contributed by atoms with Gasteiger partial charge in [0.05, 0.1) is 31.2 Å². The van der Waals surface area contributed by atoms with E-state index in [1.54, 1.807) is 6.07 Å². The lowest BCUT2D eigenvalue weighted by Crippen LogP contribution is -2.72. The second-order valence-corrected chi connectivity index (χ2v) is 11.8. The predicted octanol–water partition coefficient (Wildman–Crippen LogP) is 3.46. The molecule has 1 aromatic heterocycles. The highest BCUT2D eigenvalue weighted by molar-refractivity contribution is 5.68. The van der Waals surface area contributed by atoms with Crippen molar-refractivity contribution in [3.8, 4) is 0 Å². The van der Waals surface area contributed by atoms with E-state index in [4.69, 9.17) is 32.8 Å². The summed E-state index contributed by atoms with van der Waals surface area (Å²) < 4.78 is 40.6. The predicted molar refractivity (Wildman–Crippen MR) is 142 cm³/mol. The van der Waals surface area contributed by atoms with Crippen molar-refractivity contribution in [2.75, 3.05) is 19.8 Å². The number of esters is 5. The van der Waals surface area contributed by atoms with E-state index in [1.165, 1.54) is 47.1 Å². The molecule has 1 aromatic rings. The Balaban J connectivity index is 1.93. The van der Waals surface area contributed by atoms with Crippen LogP contribution in [0.3, 0.4) is 0 Å². The monoisotopic (exact) mass is 592 g/mol. The Morgan fingerprint density at radius 1 is 0.881 bits per heavy atom. The molecule has 8 atom stereocenters. The number of ether oxygens (including phenoxy) is 6. The Morgan fingerprint density at radius 2 is 1.50 bits per heavy atom. The Labute approximate surface area is 244 Å². The average molecular weight is 593 g/mol. The summed E-state index contributed by atoms with van der Waals surface area (Å²) in [7, 11) is 0. The number of hydrogen-bond acceptors (Lipinski definition) is 12. The first-order valence-electron chi connectivity index (χ1n) is 14.2. The molecule has 1 unspecified atom stereocenters. The Kier molecular flexibility index (Phi) is 9.05. The van der Waals surface area contributed by atoms with Gasteiger partial charge in [0.1, 0.15) is 30.5 Å². The molecule has 42 heavy (non-hydrogen) atoms. The molecule has 3 aliphatic rings. The molecule has 1 aliphatic heterocycles. The fraction of sp³-hybridized carbons (Fsp3) is 0.700. The highest BCUT2D eigenvalue weighted by atomic mass is 16.6. The van der Waals surface area contributed by atoms with Crippen LogP contribution in [0.4, 0.5) is 0 Å². The zero-order chi connectivity index (χ0) is 30.9. The molecule has 2 heterocycles. The quantitative estimate of drug-likeness (QED) is 0.222. The summed E-state index contributed by atoms with van der Waals surface area (Å²) in [5.41, 5.74) is -2.59. The summed E-state index contributed by atoms with van der Waals surface area (Å²) in [6.45, 7) is 8.45. The van der Waals surface area contributed by atoms with Crippen LogP contribution in [0.2, 0.25) is 0 Å². The van der Waals surface area contributed by atoms with Crippen LogP contribution in [0.1, 0.15) is 78.9 Å². The van der Waals surface area contributed by atoms with Crippen LogP contribution in [-0.2, 0) is 52.4 Å². The Morgan fingerprint density at radius 3 is 2.02 bits per heavy atom. The lowest BCUT2D eigenvalue weighted by molar-refractivity contribution is -0.261. The molecular formula is C30H40O12. The number of epoxide rings is 1. The molecule has 232 valence electrons. The largest absolute Gasteiger partial charge is 0.472 e. The minimum absolute atomic E-state index is 0.0489. The van der Waals surface area contributed by atoms with Crippen molar-refractivity contribution in [3.63, 3.8) is 0 Å². The standard InChI is InChI=1S/C30H40O12/c1-17-11-27(42-22(6)35)29(15-38-19(3)32)25(7-8-26(41-21(5)34)30(29)16-39-30)28(17,14-37-18(2)31)12-24(40-20(4)33)23-9-10-36-13-23/h9-10,13,17,24-27H,7-8,11-12,14-16H2,1-6H3/t17-,24?,25-,26+,27+,28-,29+,30-/m1/s1. The van der Waals surface area contributed by atoms with Crippen molar-refractivity contribution in [3.05, 3.63) is 24.2 Å². The Hall–Kier alpha value is -3.41. The molecule has 0 bridgehead atoms. The van der Waals surface area contributed by atoms with Crippen LogP contribution in [0, 0.1) is 22.7 Å². The van der Waals surface area contributed by atoms with Gasteiger partial charge in [0.15, 0.2) is 0 Å². The maximum absolute atomic E-state index is 12.5. The third kappa shape index (κ3) is 5.77. The first-order valence-corrected chi connectivity index (χ1v) is 14.2. The van der Waals surface area contributed by atoms with Crippen molar-refractivity contribution in [2.45, 2.75) is 91.1 Å². The lowest BCUT2D eigenvalue weighted by atomic mass is 9.42. The SMILES string of the molecule is CC(=O)OC[C@]1(CC(OC(C)=O)c2ccoc2)[C@H](C)C[C@H](OC(C)=O)[C@]2(COC(C)=O)[C@@H]1CC[C@H](OC(C)=O)[C@]21CO1. The van der Waals surface area contributed by atoms with Crippen LogP contribution in [0.5, 0.6) is 0 Å². The van der Waals surface area contributed by atoms with Gasteiger partial charge in [0.2, 0.25) is 0 Å². The summed E-state index contributed by atoms with van der Waals surface area (Å²) in [5.74, 6) is -3.27. The molecule has 12 heteroatoms. The van der Waals surface area contributed by atoms with Gasteiger partial charge in [0, 0.05) is 45.6 Å². The molecule has 1 spiro atoms. The summed E-state index contributed by atoms with van der Waals surface area (Å²) >= 11 is 0. The molecule has 0 amide bonds. The van der Waals surface area contributed by atoms with E-state index in [2.05, 4.69) is 0 Å². The first-order chi connectivity index (χ1) is 19.8. The van der Waals surface area contributed by atoms with Crippen LogP contribution < -0.4 is 0 Å². The van der Waals surface area contributed by atoms with Gasteiger partial charge in [-0.3, -0.25) is 24.0 Å². The number of furan rings is 1. The van der Waals surface area contributed by atoms with E-state index in [9.17, 15) is 24.0 Å². The van der Waals surface area contributed by atoms with Gasteiger partial charge in [0.25, 0.3) is 0 Å². The third-order valence-electron chi connectivity index (χ3n) is 9.38. The van der Waals surface area contributed by atoms with Crippen molar-refractivity contribution < 1.29 is 56.8 Å². The third-order valence-corrected chi connectivity index (χ3v) is 9.38. The summed E-state index contributed by atoms with van der Waals surface area (Å²) in [5, 5.41) is 0. The normalized spacial score (nSPS) is 34.0. The summed E-state index contributed by atoms with van der Waals surface area (Å²) in [6, 6.07) is 1.71. The van der Waals surface area contributed by atoms with Crippen molar-refractivity contribution in [2.24, 2.45) is 22.7 Å². The number of fused-ring (bicyclic) bond motifs is 2. The number of carbonyl (C=O) groups excluding carboxylic acids is 5. The molecule has 2 aliphatic carbocycles. The minimum atomic E-state index is -1.19. The van der Waals surface area contributed by atoms with E-state index >= 15 is 0 Å². The summed E-state index contributed by atoms with van der Waals surface area (Å²) in [6.07, 6.45) is 2.05. The molecule has 3 fully saturated rings. The Bertz CT molecular complexity index is 1190. The van der Waals surface area contributed by atoms with Gasteiger partial charge >= 0.3 is 29.8 Å². The molecule has 2 saturated carbocycles. The maximum atomic E-state index is 12.5. The van der Waals surface area contributed by atoms with Crippen molar-refractivity contribution in [1.82, 2.24) is 0 Å². The van der Waals surface area contributed by atoms with Gasteiger partial charge in [-0.2, -0.15) is 0 Å². The molecule has 0 N–H and O–H groups in total. The average Bonchev–Trinajstić information content (AvgIpc) is 3.48. The van der Waals surface area contributed by atoms with E-state index in [-0.39, 0.29) is 38.6 Å². The van der Waals surface area contributed by atoms with Crippen molar-refractivity contribution >= 4 is 29.8 Å². The van der Waals surface area contributed by atoms with Crippen molar-refractivity contribution in [1.29, 1.82) is 0 Å². The van der Waals surface area contributed by atoms with E-state index < -0.39 is 70.5 Å². The zero-order valence-electron chi connectivity index (χ0n) is 25.0. The fourth-order valence-corrected chi connectivity index (χ4v) is 7.70. The van der Waals surface area contributed by atoms with Gasteiger partial charge in [-0.05, 0) is 43.6 Å². The van der Waals surface area contributed by atoms with E-state index in [0.717, 1.165) is 0 Å². The molecule has 4 rings (SSSR count). The fourth-order valence-electron chi connectivity index (χ4n) is 7.70. The molecule has 12 nitrogen and oxygen atoms in total.